The summed E-state index contributed by atoms with van der Waals surface area (Å²) in [6.07, 6.45) is 1.35. The molecule has 1 atom stereocenters. The van der Waals surface area contributed by atoms with Crippen molar-refractivity contribution in [3.05, 3.63) is 0 Å². The number of rotatable bonds is 8. The molecule has 0 saturated carbocycles. The molecule has 0 aliphatic rings. The van der Waals surface area contributed by atoms with Crippen LogP contribution in [-0.2, 0) is 9.53 Å². The molecule has 0 aromatic rings. The number of ether oxygens (including phenoxy) is 1. The highest BCUT2D eigenvalue weighted by Crippen LogP contribution is 1.99. The minimum absolute atomic E-state index is 0.172. The summed E-state index contributed by atoms with van der Waals surface area (Å²) in [4.78, 5) is 11.4. The molecule has 0 fully saturated rings. The number of amides is 1. The number of carbonyl (C=O) groups excluding carboxylic acids is 1. The van der Waals surface area contributed by atoms with E-state index >= 15 is 0 Å². The van der Waals surface area contributed by atoms with Gasteiger partial charge in [-0.15, -0.1) is 0 Å². The van der Waals surface area contributed by atoms with Crippen molar-refractivity contribution >= 4 is 5.91 Å². The molecular formula is C12H22N2O2. The quantitative estimate of drug-likeness (QED) is 0.641. The molecule has 0 bridgehead atoms. The van der Waals surface area contributed by atoms with Gasteiger partial charge in [0.2, 0.25) is 5.91 Å². The molecule has 0 spiro atoms. The zero-order chi connectivity index (χ0) is 12.4. The molecule has 16 heavy (non-hydrogen) atoms. The lowest BCUT2D eigenvalue weighted by Gasteiger charge is -2.09. The van der Waals surface area contributed by atoms with Crippen LogP contribution in [0.5, 0.6) is 0 Å². The largest absolute Gasteiger partial charge is 0.381 e. The van der Waals surface area contributed by atoms with Crippen molar-refractivity contribution in [2.75, 3.05) is 19.8 Å². The summed E-state index contributed by atoms with van der Waals surface area (Å²) in [5, 5.41) is 11.4. The van der Waals surface area contributed by atoms with Gasteiger partial charge < -0.3 is 10.1 Å². The number of hydrogen-bond acceptors (Lipinski definition) is 3. The third kappa shape index (κ3) is 7.24. The predicted octanol–water partition coefficient (Wildman–Crippen LogP) is 1.72. The van der Waals surface area contributed by atoms with Gasteiger partial charge in [-0.25, -0.2) is 0 Å². The minimum atomic E-state index is -0.517. The summed E-state index contributed by atoms with van der Waals surface area (Å²) in [7, 11) is 0. The Bertz CT molecular complexity index is 234. The van der Waals surface area contributed by atoms with Crippen LogP contribution in [0.3, 0.4) is 0 Å². The van der Waals surface area contributed by atoms with E-state index in [1.807, 2.05) is 13.0 Å². The van der Waals surface area contributed by atoms with E-state index in [-0.39, 0.29) is 5.91 Å². The molecule has 0 aromatic carbocycles. The number of nitrogens with zero attached hydrogens (tertiary/aromatic N) is 1. The highest BCUT2D eigenvalue weighted by Gasteiger charge is 2.13. The summed E-state index contributed by atoms with van der Waals surface area (Å²) in [6.45, 7) is 8.01. The fraction of sp³-hybridized carbons (Fsp3) is 0.833. The van der Waals surface area contributed by atoms with Crippen molar-refractivity contribution in [3.63, 3.8) is 0 Å². The molecule has 0 aliphatic heterocycles. The van der Waals surface area contributed by atoms with Crippen molar-refractivity contribution in [3.8, 4) is 6.07 Å². The van der Waals surface area contributed by atoms with Crippen molar-refractivity contribution in [2.45, 2.75) is 33.6 Å². The second-order valence-corrected chi connectivity index (χ2v) is 4.20. The van der Waals surface area contributed by atoms with Crippen LogP contribution >= 0.6 is 0 Å². The summed E-state index contributed by atoms with van der Waals surface area (Å²) in [5.74, 6) is -0.150. The molecule has 0 saturated heterocycles. The van der Waals surface area contributed by atoms with E-state index in [2.05, 4.69) is 19.2 Å². The smallest absolute Gasteiger partial charge is 0.237 e. The lowest BCUT2D eigenvalue weighted by Crippen LogP contribution is -2.31. The van der Waals surface area contributed by atoms with Crippen molar-refractivity contribution in [2.24, 2.45) is 11.8 Å². The Hall–Kier alpha value is -1.08. The van der Waals surface area contributed by atoms with Crippen LogP contribution in [0, 0.1) is 23.2 Å². The van der Waals surface area contributed by atoms with Gasteiger partial charge in [0.25, 0.3) is 0 Å². The van der Waals surface area contributed by atoms with Gasteiger partial charge in [-0.3, -0.25) is 4.79 Å². The zero-order valence-corrected chi connectivity index (χ0v) is 10.5. The van der Waals surface area contributed by atoms with Crippen LogP contribution in [-0.4, -0.2) is 25.7 Å². The number of carbonyl (C=O) groups is 1. The number of nitriles is 1. The molecule has 1 amide bonds. The van der Waals surface area contributed by atoms with Gasteiger partial charge in [0.05, 0.1) is 6.07 Å². The Morgan fingerprint density at radius 1 is 1.50 bits per heavy atom. The molecule has 0 heterocycles. The van der Waals surface area contributed by atoms with Gasteiger partial charge in [-0.05, 0) is 18.8 Å². The average Bonchev–Trinajstić information content (AvgIpc) is 2.24. The first-order valence-corrected chi connectivity index (χ1v) is 5.86. The first-order valence-electron chi connectivity index (χ1n) is 5.86. The van der Waals surface area contributed by atoms with E-state index in [4.69, 9.17) is 10.00 Å². The Labute approximate surface area is 98.0 Å². The molecule has 4 heteroatoms. The van der Waals surface area contributed by atoms with Crippen LogP contribution in [0.25, 0.3) is 0 Å². The highest BCUT2D eigenvalue weighted by molar-refractivity contribution is 5.80. The van der Waals surface area contributed by atoms with E-state index < -0.39 is 5.92 Å². The Morgan fingerprint density at radius 2 is 2.19 bits per heavy atom. The Kier molecular flexibility index (Phi) is 8.55. The van der Waals surface area contributed by atoms with Gasteiger partial charge in [-0.2, -0.15) is 5.26 Å². The second-order valence-electron chi connectivity index (χ2n) is 4.20. The van der Waals surface area contributed by atoms with Gasteiger partial charge in [-0.1, -0.05) is 20.8 Å². The van der Waals surface area contributed by atoms with Crippen molar-refractivity contribution in [1.82, 2.24) is 5.32 Å². The maximum atomic E-state index is 11.4. The molecule has 0 radical (unpaired) electrons. The zero-order valence-electron chi connectivity index (χ0n) is 10.5. The molecular weight excluding hydrogens is 204 g/mol. The first kappa shape index (κ1) is 14.9. The molecule has 0 aliphatic carbocycles. The lowest BCUT2D eigenvalue weighted by atomic mass is 10.1. The molecule has 0 rings (SSSR count). The highest BCUT2D eigenvalue weighted by atomic mass is 16.5. The van der Waals surface area contributed by atoms with Crippen molar-refractivity contribution < 1.29 is 9.53 Å². The topological polar surface area (TPSA) is 62.1 Å². The van der Waals surface area contributed by atoms with Crippen molar-refractivity contribution in [1.29, 1.82) is 5.26 Å². The fourth-order valence-corrected chi connectivity index (χ4v) is 1.16. The normalized spacial score (nSPS) is 12.2. The predicted molar refractivity (Wildman–Crippen MR) is 62.7 cm³/mol. The van der Waals surface area contributed by atoms with E-state index in [9.17, 15) is 4.79 Å². The van der Waals surface area contributed by atoms with E-state index in [0.29, 0.717) is 25.5 Å². The second kappa shape index (κ2) is 9.17. The fourth-order valence-electron chi connectivity index (χ4n) is 1.16. The molecule has 92 valence electrons. The monoisotopic (exact) mass is 226 g/mol. The van der Waals surface area contributed by atoms with Gasteiger partial charge in [0, 0.05) is 19.8 Å². The van der Waals surface area contributed by atoms with E-state index in [1.165, 1.54) is 0 Å². The van der Waals surface area contributed by atoms with Crippen LogP contribution < -0.4 is 5.32 Å². The summed E-state index contributed by atoms with van der Waals surface area (Å²) >= 11 is 0. The average molecular weight is 226 g/mol. The summed E-state index contributed by atoms with van der Waals surface area (Å²) < 4.78 is 5.37. The van der Waals surface area contributed by atoms with Crippen LogP contribution in [0.2, 0.25) is 0 Å². The molecule has 1 unspecified atom stereocenters. The molecule has 0 aromatic heterocycles. The Morgan fingerprint density at radius 3 is 2.69 bits per heavy atom. The maximum absolute atomic E-state index is 11.4. The lowest BCUT2D eigenvalue weighted by molar-refractivity contribution is -0.123. The number of nitrogens with one attached hydrogen (secondary N) is 1. The minimum Gasteiger partial charge on any atom is -0.381 e. The maximum Gasteiger partial charge on any atom is 0.237 e. The first-order chi connectivity index (χ1) is 7.61. The standard InChI is InChI=1S/C12H22N2O2/c1-4-11(8-13)12(15)14-6-5-7-16-9-10(2)3/h10-11H,4-7,9H2,1-3H3,(H,14,15). The van der Waals surface area contributed by atoms with Crippen LogP contribution in [0.4, 0.5) is 0 Å². The Balaban J connectivity index is 3.45. The van der Waals surface area contributed by atoms with Crippen LogP contribution in [0.15, 0.2) is 0 Å². The van der Waals surface area contributed by atoms with Gasteiger partial charge >= 0.3 is 0 Å². The summed E-state index contributed by atoms with van der Waals surface area (Å²) in [6, 6.07) is 1.98. The van der Waals surface area contributed by atoms with Gasteiger partial charge in [0.1, 0.15) is 5.92 Å². The third-order valence-electron chi connectivity index (χ3n) is 2.10. The summed E-state index contributed by atoms with van der Waals surface area (Å²) in [5.41, 5.74) is 0. The number of hydrogen-bond donors (Lipinski definition) is 1. The SMILES string of the molecule is CCC(C#N)C(=O)NCCCOCC(C)C. The van der Waals surface area contributed by atoms with Gasteiger partial charge in [0.15, 0.2) is 0 Å². The van der Waals surface area contributed by atoms with Crippen LogP contribution in [0.1, 0.15) is 33.6 Å². The third-order valence-corrected chi connectivity index (χ3v) is 2.10. The van der Waals surface area contributed by atoms with E-state index in [0.717, 1.165) is 13.0 Å². The van der Waals surface area contributed by atoms with E-state index in [1.54, 1.807) is 0 Å². The molecule has 4 nitrogen and oxygen atoms in total. The molecule has 1 N–H and O–H groups in total.